The second-order valence-corrected chi connectivity index (χ2v) is 9.64. The summed E-state index contributed by atoms with van der Waals surface area (Å²) in [4.78, 5) is 0. The molecule has 21 heavy (non-hydrogen) atoms. The van der Waals surface area contributed by atoms with Gasteiger partial charge in [0, 0.05) is 12.6 Å². The standard InChI is InChI=1S/C15H18BrNO2S2/c1-11(2)17(10-13-7-5-4-6-8-13)21(18,19)14-9-12(3)15(16)20-14/h4-9,11H,10H2,1-3H3. The Morgan fingerprint density at radius 1 is 1.24 bits per heavy atom. The normalized spacial score (nSPS) is 12.3. The molecule has 0 aliphatic rings. The predicted molar refractivity (Wildman–Crippen MR) is 91.1 cm³/mol. The molecule has 0 aliphatic heterocycles. The largest absolute Gasteiger partial charge is 0.253 e. The third-order valence-electron chi connectivity index (χ3n) is 3.15. The summed E-state index contributed by atoms with van der Waals surface area (Å²) in [5.74, 6) is 0. The maximum atomic E-state index is 12.9. The molecule has 0 spiro atoms. The zero-order chi connectivity index (χ0) is 15.6. The first-order valence-corrected chi connectivity index (χ1v) is 9.69. The maximum Gasteiger partial charge on any atom is 0.253 e. The van der Waals surface area contributed by atoms with Crippen molar-refractivity contribution in [3.05, 3.63) is 51.3 Å². The van der Waals surface area contributed by atoms with Gasteiger partial charge < -0.3 is 0 Å². The molecule has 0 saturated carbocycles. The van der Waals surface area contributed by atoms with E-state index in [4.69, 9.17) is 0 Å². The van der Waals surface area contributed by atoms with Gasteiger partial charge >= 0.3 is 0 Å². The number of hydrogen-bond donors (Lipinski definition) is 0. The van der Waals surface area contributed by atoms with Crippen molar-refractivity contribution < 1.29 is 8.42 Å². The van der Waals surface area contributed by atoms with E-state index in [1.165, 1.54) is 11.3 Å². The van der Waals surface area contributed by atoms with Gasteiger partial charge in [-0.3, -0.25) is 0 Å². The van der Waals surface area contributed by atoms with Gasteiger partial charge in [-0.15, -0.1) is 11.3 Å². The molecule has 2 aromatic rings. The average Bonchev–Trinajstić information content (AvgIpc) is 2.77. The molecular weight excluding hydrogens is 370 g/mol. The molecule has 1 aromatic carbocycles. The zero-order valence-corrected chi connectivity index (χ0v) is 15.4. The number of rotatable bonds is 5. The van der Waals surface area contributed by atoms with E-state index in [1.54, 1.807) is 10.4 Å². The van der Waals surface area contributed by atoms with Gasteiger partial charge in [-0.2, -0.15) is 4.31 Å². The lowest BCUT2D eigenvalue weighted by Crippen LogP contribution is -2.36. The van der Waals surface area contributed by atoms with Crippen LogP contribution in [0.2, 0.25) is 0 Å². The van der Waals surface area contributed by atoms with Crippen molar-refractivity contribution in [2.45, 2.75) is 37.6 Å². The van der Waals surface area contributed by atoms with Crippen molar-refractivity contribution in [1.29, 1.82) is 0 Å². The minimum Gasteiger partial charge on any atom is -0.206 e. The lowest BCUT2D eigenvalue weighted by atomic mass is 10.2. The number of sulfonamides is 1. The molecule has 0 radical (unpaired) electrons. The van der Waals surface area contributed by atoms with Crippen LogP contribution in [0.5, 0.6) is 0 Å². The Morgan fingerprint density at radius 3 is 2.33 bits per heavy atom. The summed E-state index contributed by atoms with van der Waals surface area (Å²) in [6, 6.07) is 11.3. The molecule has 6 heteroatoms. The summed E-state index contributed by atoms with van der Waals surface area (Å²) < 4.78 is 28.5. The summed E-state index contributed by atoms with van der Waals surface area (Å²) in [7, 11) is -3.48. The van der Waals surface area contributed by atoms with E-state index in [9.17, 15) is 8.42 Å². The van der Waals surface area contributed by atoms with E-state index < -0.39 is 10.0 Å². The number of hydrogen-bond acceptors (Lipinski definition) is 3. The van der Waals surface area contributed by atoms with Gasteiger partial charge in [0.2, 0.25) is 0 Å². The lowest BCUT2D eigenvalue weighted by Gasteiger charge is -2.25. The quantitative estimate of drug-likeness (QED) is 0.761. The van der Waals surface area contributed by atoms with Crippen molar-refractivity contribution in [3.8, 4) is 0 Å². The molecule has 1 heterocycles. The van der Waals surface area contributed by atoms with Gasteiger partial charge in [-0.05, 0) is 53.9 Å². The number of aryl methyl sites for hydroxylation is 1. The summed E-state index contributed by atoms with van der Waals surface area (Å²) >= 11 is 4.66. The van der Waals surface area contributed by atoms with E-state index >= 15 is 0 Å². The molecule has 114 valence electrons. The van der Waals surface area contributed by atoms with Gasteiger partial charge in [-0.1, -0.05) is 30.3 Å². The highest BCUT2D eigenvalue weighted by atomic mass is 79.9. The summed E-state index contributed by atoms with van der Waals surface area (Å²) in [5, 5.41) is 0. The molecular formula is C15H18BrNO2S2. The summed E-state index contributed by atoms with van der Waals surface area (Å²) in [6.45, 7) is 6.08. The Kier molecular flexibility index (Phi) is 5.24. The topological polar surface area (TPSA) is 37.4 Å². The lowest BCUT2D eigenvalue weighted by molar-refractivity contribution is 0.349. The fourth-order valence-corrected chi connectivity index (χ4v) is 5.96. The third-order valence-corrected chi connectivity index (χ3v) is 7.76. The second-order valence-electron chi connectivity index (χ2n) is 5.15. The van der Waals surface area contributed by atoms with Gasteiger partial charge in [-0.25, -0.2) is 8.42 Å². The highest BCUT2D eigenvalue weighted by molar-refractivity contribution is 9.11. The van der Waals surface area contributed by atoms with Crippen LogP contribution in [0.3, 0.4) is 0 Å². The maximum absolute atomic E-state index is 12.9. The minimum atomic E-state index is -3.48. The Hall–Kier alpha value is -0.690. The van der Waals surface area contributed by atoms with Crippen molar-refractivity contribution in [2.24, 2.45) is 0 Å². The fourth-order valence-electron chi connectivity index (χ4n) is 1.98. The molecule has 0 atom stereocenters. The average molecular weight is 388 g/mol. The van der Waals surface area contributed by atoms with Crippen LogP contribution in [-0.2, 0) is 16.6 Å². The summed E-state index contributed by atoms with van der Waals surface area (Å²) in [6.07, 6.45) is 0. The number of nitrogens with zero attached hydrogens (tertiary/aromatic N) is 1. The van der Waals surface area contributed by atoms with Crippen molar-refractivity contribution in [2.75, 3.05) is 0 Å². The van der Waals surface area contributed by atoms with Gasteiger partial charge in [0.25, 0.3) is 10.0 Å². The highest BCUT2D eigenvalue weighted by Gasteiger charge is 2.29. The van der Waals surface area contributed by atoms with E-state index in [1.807, 2.05) is 51.1 Å². The summed E-state index contributed by atoms with van der Waals surface area (Å²) in [5.41, 5.74) is 1.93. The highest BCUT2D eigenvalue weighted by Crippen LogP contribution is 2.33. The molecule has 0 fully saturated rings. The van der Waals surface area contributed by atoms with Crippen LogP contribution < -0.4 is 0 Å². The first-order chi connectivity index (χ1) is 9.82. The Bertz CT molecular complexity index is 689. The van der Waals surface area contributed by atoms with E-state index in [0.29, 0.717) is 10.8 Å². The SMILES string of the molecule is Cc1cc(S(=O)(=O)N(Cc2ccccc2)C(C)C)sc1Br. The second kappa shape index (κ2) is 6.60. The Morgan fingerprint density at radius 2 is 1.86 bits per heavy atom. The first-order valence-electron chi connectivity index (χ1n) is 6.64. The van der Waals surface area contributed by atoms with Crippen LogP contribution in [-0.4, -0.2) is 18.8 Å². The number of benzene rings is 1. The Labute approximate surface area is 138 Å². The molecule has 1 aromatic heterocycles. The van der Waals surface area contributed by atoms with Crippen LogP contribution in [0, 0.1) is 6.92 Å². The van der Waals surface area contributed by atoms with E-state index in [2.05, 4.69) is 15.9 Å². The van der Waals surface area contributed by atoms with Crippen molar-refractivity contribution in [1.82, 2.24) is 4.31 Å². The molecule has 0 bridgehead atoms. The molecule has 2 rings (SSSR count). The van der Waals surface area contributed by atoms with Gasteiger partial charge in [0.1, 0.15) is 4.21 Å². The van der Waals surface area contributed by atoms with Gasteiger partial charge in [0.15, 0.2) is 0 Å². The smallest absolute Gasteiger partial charge is 0.206 e. The van der Waals surface area contributed by atoms with Crippen LogP contribution >= 0.6 is 27.3 Å². The number of halogens is 1. The predicted octanol–water partition coefficient (Wildman–Crippen LogP) is 4.42. The molecule has 0 aliphatic carbocycles. The molecule has 0 amide bonds. The molecule has 0 saturated heterocycles. The monoisotopic (exact) mass is 387 g/mol. The third kappa shape index (κ3) is 3.74. The zero-order valence-electron chi connectivity index (χ0n) is 12.2. The fraction of sp³-hybridized carbons (Fsp3) is 0.333. The first kappa shape index (κ1) is 16.7. The van der Waals surface area contributed by atoms with Crippen LogP contribution in [0.1, 0.15) is 25.0 Å². The molecule has 0 unspecified atom stereocenters. The molecule has 0 N–H and O–H groups in total. The van der Waals surface area contributed by atoms with Gasteiger partial charge in [0.05, 0.1) is 3.79 Å². The van der Waals surface area contributed by atoms with Crippen molar-refractivity contribution in [3.63, 3.8) is 0 Å². The van der Waals surface area contributed by atoms with E-state index in [-0.39, 0.29) is 6.04 Å². The Balaban J connectivity index is 2.37. The van der Waals surface area contributed by atoms with E-state index in [0.717, 1.165) is 14.9 Å². The van der Waals surface area contributed by atoms with Crippen molar-refractivity contribution >= 4 is 37.3 Å². The number of thiophene rings is 1. The molecule has 3 nitrogen and oxygen atoms in total. The van der Waals surface area contributed by atoms with Crippen LogP contribution in [0.25, 0.3) is 0 Å². The van der Waals surface area contributed by atoms with Crippen LogP contribution in [0.4, 0.5) is 0 Å². The minimum absolute atomic E-state index is 0.101. The van der Waals surface area contributed by atoms with Crippen LogP contribution in [0.15, 0.2) is 44.4 Å².